The number of piperidine rings is 1. The van der Waals surface area contributed by atoms with Crippen LogP contribution in [0.2, 0.25) is 0 Å². The van der Waals surface area contributed by atoms with E-state index < -0.39 is 11.9 Å². The molecule has 0 unspecified atom stereocenters. The number of pyridine rings is 1. The van der Waals surface area contributed by atoms with E-state index in [4.69, 9.17) is 5.11 Å². The molecular formula is C11H12F2N2O2. The van der Waals surface area contributed by atoms with Gasteiger partial charge in [-0.05, 0) is 6.07 Å². The van der Waals surface area contributed by atoms with Crippen molar-refractivity contribution >= 4 is 11.7 Å². The molecule has 0 aliphatic carbocycles. The van der Waals surface area contributed by atoms with Crippen molar-refractivity contribution in [3.8, 4) is 0 Å². The number of alkyl halides is 2. The van der Waals surface area contributed by atoms with Crippen LogP contribution in [0.4, 0.5) is 14.5 Å². The summed E-state index contributed by atoms with van der Waals surface area (Å²) in [7, 11) is 0. The SMILES string of the molecule is O=C(O)c1cncc(N2CCC(F)(F)CC2)c1. The first kappa shape index (κ1) is 11.8. The van der Waals surface area contributed by atoms with Crippen LogP contribution in [0.15, 0.2) is 18.5 Å². The van der Waals surface area contributed by atoms with Gasteiger partial charge < -0.3 is 10.0 Å². The molecule has 0 amide bonds. The van der Waals surface area contributed by atoms with Crippen LogP contribution in [0.3, 0.4) is 0 Å². The van der Waals surface area contributed by atoms with Crippen LogP contribution in [0.1, 0.15) is 23.2 Å². The molecule has 0 atom stereocenters. The number of hydrogen-bond donors (Lipinski definition) is 1. The number of anilines is 1. The number of aromatic carboxylic acids is 1. The third-order valence-corrected chi connectivity index (χ3v) is 2.83. The van der Waals surface area contributed by atoms with Crippen LogP contribution in [-0.4, -0.2) is 35.1 Å². The molecular weight excluding hydrogens is 230 g/mol. The van der Waals surface area contributed by atoms with Crippen molar-refractivity contribution in [2.24, 2.45) is 0 Å². The van der Waals surface area contributed by atoms with Gasteiger partial charge in [0.2, 0.25) is 0 Å². The number of carboxylic acid groups (broad SMARTS) is 1. The van der Waals surface area contributed by atoms with E-state index in [0.717, 1.165) is 0 Å². The van der Waals surface area contributed by atoms with E-state index in [9.17, 15) is 13.6 Å². The zero-order valence-electron chi connectivity index (χ0n) is 9.07. The fourth-order valence-corrected chi connectivity index (χ4v) is 1.81. The maximum Gasteiger partial charge on any atom is 0.337 e. The Kier molecular flexibility index (Phi) is 2.95. The van der Waals surface area contributed by atoms with Crippen LogP contribution in [0, 0.1) is 0 Å². The Morgan fingerprint density at radius 2 is 2.00 bits per heavy atom. The second kappa shape index (κ2) is 4.27. The molecule has 1 fully saturated rings. The third kappa shape index (κ3) is 2.69. The summed E-state index contributed by atoms with van der Waals surface area (Å²) in [4.78, 5) is 16.3. The fraction of sp³-hybridized carbons (Fsp3) is 0.455. The molecule has 1 N–H and O–H groups in total. The maximum atomic E-state index is 13.0. The first-order chi connectivity index (χ1) is 7.98. The van der Waals surface area contributed by atoms with Gasteiger partial charge in [0.05, 0.1) is 17.4 Å². The second-order valence-corrected chi connectivity index (χ2v) is 4.08. The number of carbonyl (C=O) groups is 1. The van der Waals surface area contributed by atoms with Gasteiger partial charge >= 0.3 is 5.97 Å². The second-order valence-electron chi connectivity index (χ2n) is 4.08. The first-order valence-corrected chi connectivity index (χ1v) is 5.29. The molecule has 2 rings (SSSR count). The lowest BCUT2D eigenvalue weighted by atomic mass is 10.1. The van der Waals surface area contributed by atoms with E-state index in [-0.39, 0.29) is 31.5 Å². The number of hydrogen-bond acceptors (Lipinski definition) is 3. The molecule has 6 heteroatoms. The minimum Gasteiger partial charge on any atom is -0.478 e. The number of aromatic nitrogens is 1. The molecule has 0 spiro atoms. The van der Waals surface area contributed by atoms with Gasteiger partial charge in [0.25, 0.3) is 5.92 Å². The maximum absolute atomic E-state index is 13.0. The highest BCUT2D eigenvalue weighted by Gasteiger charge is 2.34. The zero-order chi connectivity index (χ0) is 12.5. The Morgan fingerprint density at radius 1 is 1.35 bits per heavy atom. The summed E-state index contributed by atoms with van der Waals surface area (Å²) in [5.74, 6) is -3.67. The fourth-order valence-electron chi connectivity index (χ4n) is 1.81. The van der Waals surface area contributed by atoms with E-state index >= 15 is 0 Å². The predicted molar refractivity (Wildman–Crippen MR) is 57.6 cm³/mol. The summed E-state index contributed by atoms with van der Waals surface area (Å²) in [5, 5.41) is 8.81. The molecule has 92 valence electrons. The van der Waals surface area contributed by atoms with Gasteiger partial charge in [-0.1, -0.05) is 0 Å². The molecule has 0 aromatic carbocycles. The van der Waals surface area contributed by atoms with Gasteiger partial charge in [0.1, 0.15) is 0 Å². The quantitative estimate of drug-likeness (QED) is 0.862. The Balaban J connectivity index is 2.13. The minimum absolute atomic E-state index is 0.0693. The summed E-state index contributed by atoms with van der Waals surface area (Å²) in [5.41, 5.74) is 0.653. The van der Waals surface area contributed by atoms with E-state index in [1.165, 1.54) is 18.5 Å². The predicted octanol–water partition coefficient (Wildman–Crippen LogP) is 2.02. The van der Waals surface area contributed by atoms with Gasteiger partial charge in [0, 0.05) is 32.1 Å². The van der Waals surface area contributed by atoms with Crippen molar-refractivity contribution in [3.05, 3.63) is 24.0 Å². The van der Waals surface area contributed by atoms with Crippen molar-refractivity contribution < 1.29 is 18.7 Å². The summed E-state index contributed by atoms with van der Waals surface area (Å²) >= 11 is 0. The van der Waals surface area contributed by atoms with Gasteiger partial charge in [-0.15, -0.1) is 0 Å². The summed E-state index contributed by atoms with van der Waals surface area (Å²) < 4.78 is 25.9. The number of halogens is 2. The largest absolute Gasteiger partial charge is 0.478 e. The van der Waals surface area contributed by atoms with Crippen LogP contribution in [-0.2, 0) is 0 Å². The number of carboxylic acids is 1. The van der Waals surface area contributed by atoms with Crippen LogP contribution < -0.4 is 4.90 Å². The highest BCUT2D eigenvalue weighted by Crippen LogP contribution is 2.30. The summed E-state index contributed by atoms with van der Waals surface area (Å²) in [6.45, 7) is 0.440. The molecule has 0 radical (unpaired) electrons. The van der Waals surface area contributed by atoms with E-state index in [1.54, 1.807) is 4.90 Å². The molecule has 4 nitrogen and oxygen atoms in total. The van der Waals surface area contributed by atoms with E-state index in [2.05, 4.69) is 4.98 Å². The molecule has 1 saturated heterocycles. The average Bonchev–Trinajstić information content (AvgIpc) is 2.29. The highest BCUT2D eigenvalue weighted by molar-refractivity contribution is 5.88. The van der Waals surface area contributed by atoms with Crippen molar-refractivity contribution in [2.75, 3.05) is 18.0 Å². The number of nitrogens with zero attached hydrogens (tertiary/aromatic N) is 2. The molecule has 1 aromatic rings. The van der Waals surface area contributed by atoms with Gasteiger partial charge in [0.15, 0.2) is 0 Å². The van der Waals surface area contributed by atoms with Crippen molar-refractivity contribution in [3.63, 3.8) is 0 Å². The van der Waals surface area contributed by atoms with Crippen LogP contribution in [0.25, 0.3) is 0 Å². The van der Waals surface area contributed by atoms with E-state index in [1.807, 2.05) is 0 Å². The summed E-state index contributed by atoms with van der Waals surface area (Å²) in [6.07, 6.45) is 2.33. The average molecular weight is 242 g/mol. The van der Waals surface area contributed by atoms with Crippen LogP contribution in [0.5, 0.6) is 0 Å². The smallest absolute Gasteiger partial charge is 0.337 e. The standard InChI is InChI=1S/C11H12F2N2O2/c12-11(13)1-3-15(4-2-11)9-5-8(10(16)17)6-14-7-9/h5-7H,1-4H2,(H,16,17). The Hall–Kier alpha value is -1.72. The lowest BCUT2D eigenvalue weighted by Crippen LogP contribution is -2.39. The lowest BCUT2D eigenvalue weighted by molar-refractivity contribution is -0.0220. The number of rotatable bonds is 2. The molecule has 0 saturated carbocycles. The monoisotopic (exact) mass is 242 g/mol. The van der Waals surface area contributed by atoms with Crippen molar-refractivity contribution in [1.82, 2.24) is 4.98 Å². The minimum atomic E-state index is -2.60. The Labute approximate surface area is 96.9 Å². The van der Waals surface area contributed by atoms with Gasteiger partial charge in [-0.25, -0.2) is 13.6 Å². The van der Waals surface area contributed by atoms with Gasteiger partial charge in [-0.3, -0.25) is 4.98 Å². The van der Waals surface area contributed by atoms with Gasteiger partial charge in [-0.2, -0.15) is 0 Å². The molecule has 1 aliphatic rings. The molecule has 0 bridgehead atoms. The normalized spacial score (nSPS) is 19.1. The Bertz CT molecular complexity index is 427. The van der Waals surface area contributed by atoms with Crippen molar-refractivity contribution in [1.29, 1.82) is 0 Å². The molecule has 1 aliphatic heterocycles. The van der Waals surface area contributed by atoms with E-state index in [0.29, 0.717) is 5.69 Å². The molecule has 2 heterocycles. The highest BCUT2D eigenvalue weighted by atomic mass is 19.3. The summed E-state index contributed by atoms with van der Waals surface area (Å²) in [6, 6.07) is 1.46. The third-order valence-electron chi connectivity index (χ3n) is 2.83. The molecule has 1 aromatic heterocycles. The van der Waals surface area contributed by atoms with Crippen molar-refractivity contribution in [2.45, 2.75) is 18.8 Å². The topological polar surface area (TPSA) is 53.4 Å². The lowest BCUT2D eigenvalue weighted by Gasteiger charge is -2.33. The van der Waals surface area contributed by atoms with Crippen LogP contribution >= 0.6 is 0 Å². The molecule has 17 heavy (non-hydrogen) atoms. The Morgan fingerprint density at radius 3 is 2.59 bits per heavy atom. The first-order valence-electron chi connectivity index (χ1n) is 5.29. The zero-order valence-corrected chi connectivity index (χ0v) is 9.07.